The Morgan fingerprint density at radius 1 is 1.30 bits per heavy atom. The van der Waals surface area contributed by atoms with E-state index >= 15 is 0 Å². The van der Waals surface area contributed by atoms with Crippen LogP contribution in [0.25, 0.3) is 5.69 Å². The SMILES string of the molecule is CCOC=CC(=O)Nc1ccc(-n2c(C)nnc2C)c(OC)c1. The van der Waals surface area contributed by atoms with Crippen LogP contribution in [0.2, 0.25) is 0 Å². The molecule has 1 amide bonds. The topological polar surface area (TPSA) is 78.3 Å². The average molecular weight is 316 g/mol. The van der Waals surface area contributed by atoms with Crippen molar-refractivity contribution in [3.05, 3.63) is 42.2 Å². The Labute approximate surface area is 134 Å². The van der Waals surface area contributed by atoms with Crippen LogP contribution in [0.15, 0.2) is 30.5 Å². The van der Waals surface area contributed by atoms with Crippen LogP contribution in [0.5, 0.6) is 5.75 Å². The maximum atomic E-state index is 11.8. The molecule has 1 heterocycles. The van der Waals surface area contributed by atoms with Crippen molar-refractivity contribution in [1.82, 2.24) is 14.8 Å². The van der Waals surface area contributed by atoms with Gasteiger partial charge in [0.05, 0.1) is 25.7 Å². The van der Waals surface area contributed by atoms with Crippen molar-refractivity contribution in [2.45, 2.75) is 20.8 Å². The molecule has 23 heavy (non-hydrogen) atoms. The third kappa shape index (κ3) is 3.88. The number of benzene rings is 1. The van der Waals surface area contributed by atoms with Crippen molar-refractivity contribution >= 4 is 11.6 Å². The highest BCUT2D eigenvalue weighted by Crippen LogP contribution is 2.28. The molecular formula is C16H20N4O3. The summed E-state index contributed by atoms with van der Waals surface area (Å²) in [6.45, 7) is 6.10. The fraction of sp³-hybridized carbons (Fsp3) is 0.312. The van der Waals surface area contributed by atoms with Crippen molar-refractivity contribution in [1.29, 1.82) is 0 Å². The average Bonchev–Trinajstić information content (AvgIpc) is 2.86. The highest BCUT2D eigenvalue weighted by Gasteiger charge is 2.13. The second kappa shape index (κ2) is 7.44. The number of hydrogen-bond donors (Lipinski definition) is 1. The van der Waals surface area contributed by atoms with Crippen molar-refractivity contribution in [2.24, 2.45) is 0 Å². The summed E-state index contributed by atoms with van der Waals surface area (Å²) in [6.07, 6.45) is 2.70. The maximum absolute atomic E-state index is 11.8. The van der Waals surface area contributed by atoms with Gasteiger partial charge in [0.1, 0.15) is 17.4 Å². The summed E-state index contributed by atoms with van der Waals surface area (Å²) in [4.78, 5) is 11.8. The summed E-state index contributed by atoms with van der Waals surface area (Å²) in [5.41, 5.74) is 1.44. The van der Waals surface area contributed by atoms with E-state index in [2.05, 4.69) is 15.5 Å². The number of nitrogens with one attached hydrogen (secondary N) is 1. The van der Waals surface area contributed by atoms with Gasteiger partial charge in [-0.1, -0.05) is 0 Å². The molecule has 0 radical (unpaired) electrons. The fourth-order valence-corrected chi connectivity index (χ4v) is 2.15. The fourth-order valence-electron chi connectivity index (χ4n) is 2.15. The molecular weight excluding hydrogens is 296 g/mol. The molecule has 0 atom stereocenters. The number of methoxy groups -OCH3 is 1. The first-order chi connectivity index (χ1) is 11.1. The van der Waals surface area contributed by atoms with Crippen LogP contribution in [0.3, 0.4) is 0 Å². The second-order valence-electron chi connectivity index (χ2n) is 4.76. The first kappa shape index (κ1) is 16.5. The van der Waals surface area contributed by atoms with Gasteiger partial charge in [0.2, 0.25) is 0 Å². The predicted molar refractivity (Wildman–Crippen MR) is 86.8 cm³/mol. The van der Waals surface area contributed by atoms with Gasteiger partial charge in [-0.3, -0.25) is 9.36 Å². The van der Waals surface area contributed by atoms with Crippen LogP contribution >= 0.6 is 0 Å². The van der Waals surface area contributed by atoms with E-state index in [1.54, 1.807) is 19.2 Å². The molecule has 0 fully saturated rings. The van der Waals surface area contributed by atoms with Crippen molar-refractivity contribution in [3.8, 4) is 11.4 Å². The normalized spacial score (nSPS) is 10.8. The number of carbonyl (C=O) groups is 1. The number of rotatable bonds is 6. The molecule has 0 saturated heterocycles. The zero-order chi connectivity index (χ0) is 16.8. The third-order valence-electron chi connectivity index (χ3n) is 3.16. The lowest BCUT2D eigenvalue weighted by Crippen LogP contribution is -2.09. The highest BCUT2D eigenvalue weighted by molar-refractivity contribution is 5.99. The number of nitrogens with zero attached hydrogens (tertiary/aromatic N) is 3. The number of aromatic nitrogens is 3. The van der Waals surface area contributed by atoms with Crippen molar-refractivity contribution in [2.75, 3.05) is 19.0 Å². The van der Waals surface area contributed by atoms with Gasteiger partial charge in [-0.2, -0.15) is 0 Å². The third-order valence-corrected chi connectivity index (χ3v) is 3.16. The molecule has 0 aliphatic rings. The van der Waals surface area contributed by atoms with Gasteiger partial charge in [-0.25, -0.2) is 0 Å². The summed E-state index contributed by atoms with van der Waals surface area (Å²) in [7, 11) is 1.58. The molecule has 0 aliphatic carbocycles. The summed E-state index contributed by atoms with van der Waals surface area (Å²) in [6, 6.07) is 5.40. The Bertz CT molecular complexity index is 703. The minimum atomic E-state index is -0.273. The monoisotopic (exact) mass is 316 g/mol. The summed E-state index contributed by atoms with van der Waals surface area (Å²) in [5, 5.41) is 10.8. The lowest BCUT2D eigenvalue weighted by molar-refractivity contribution is -0.112. The Hall–Kier alpha value is -2.83. The first-order valence-corrected chi connectivity index (χ1v) is 7.23. The van der Waals surface area contributed by atoms with Crippen LogP contribution in [0.4, 0.5) is 5.69 Å². The molecule has 7 heteroatoms. The summed E-state index contributed by atoms with van der Waals surface area (Å²) >= 11 is 0. The molecule has 1 aromatic carbocycles. The van der Waals surface area contributed by atoms with E-state index in [1.165, 1.54) is 12.3 Å². The first-order valence-electron chi connectivity index (χ1n) is 7.23. The Morgan fingerprint density at radius 3 is 2.61 bits per heavy atom. The van der Waals surface area contributed by atoms with Crippen LogP contribution < -0.4 is 10.1 Å². The molecule has 0 bridgehead atoms. The second-order valence-corrected chi connectivity index (χ2v) is 4.76. The lowest BCUT2D eigenvalue weighted by atomic mass is 10.2. The van der Waals surface area contributed by atoms with Gasteiger partial charge < -0.3 is 14.8 Å². The van der Waals surface area contributed by atoms with Crippen LogP contribution in [0, 0.1) is 13.8 Å². The Balaban J connectivity index is 2.25. The minimum Gasteiger partial charge on any atom is -0.501 e. The standard InChI is InChI=1S/C16H20N4O3/c1-5-23-9-8-16(21)17-13-6-7-14(15(10-13)22-4)20-11(2)18-19-12(20)3/h6-10H,5H2,1-4H3,(H,17,21). The molecule has 2 aromatic rings. The number of aryl methyl sites for hydroxylation is 2. The molecule has 0 aliphatic heterocycles. The van der Waals surface area contributed by atoms with Gasteiger partial charge in [-0.05, 0) is 32.9 Å². The van der Waals surface area contributed by atoms with E-state index in [0.29, 0.717) is 18.0 Å². The number of ether oxygens (including phenoxy) is 2. The maximum Gasteiger partial charge on any atom is 0.251 e. The summed E-state index contributed by atoms with van der Waals surface area (Å²) in [5.74, 6) is 1.86. The van der Waals surface area contributed by atoms with Gasteiger partial charge in [-0.15, -0.1) is 10.2 Å². The zero-order valence-corrected chi connectivity index (χ0v) is 13.7. The lowest BCUT2D eigenvalue weighted by Gasteiger charge is -2.13. The largest absolute Gasteiger partial charge is 0.501 e. The zero-order valence-electron chi connectivity index (χ0n) is 13.7. The predicted octanol–water partition coefficient (Wildman–Crippen LogP) is 2.38. The van der Waals surface area contributed by atoms with Gasteiger partial charge >= 0.3 is 0 Å². The molecule has 0 unspecified atom stereocenters. The quantitative estimate of drug-likeness (QED) is 0.654. The van der Waals surface area contributed by atoms with Crippen molar-refractivity contribution in [3.63, 3.8) is 0 Å². The van der Waals surface area contributed by atoms with Crippen LogP contribution in [-0.4, -0.2) is 34.4 Å². The molecule has 1 aromatic heterocycles. The smallest absolute Gasteiger partial charge is 0.251 e. The Morgan fingerprint density at radius 2 is 2.00 bits per heavy atom. The molecule has 2 rings (SSSR count). The molecule has 1 N–H and O–H groups in total. The number of anilines is 1. The Kier molecular flexibility index (Phi) is 5.35. The van der Waals surface area contributed by atoms with Crippen LogP contribution in [0.1, 0.15) is 18.6 Å². The number of amides is 1. The number of hydrogen-bond acceptors (Lipinski definition) is 5. The van der Waals surface area contributed by atoms with Gasteiger partial charge in [0.15, 0.2) is 0 Å². The molecule has 7 nitrogen and oxygen atoms in total. The van der Waals surface area contributed by atoms with E-state index in [-0.39, 0.29) is 5.91 Å². The van der Waals surface area contributed by atoms with Gasteiger partial charge in [0, 0.05) is 17.8 Å². The van der Waals surface area contributed by atoms with Crippen LogP contribution in [-0.2, 0) is 9.53 Å². The summed E-state index contributed by atoms with van der Waals surface area (Å²) < 4.78 is 12.3. The number of carbonyl (C=O) groups excluding carboxylic acids is 1. The van der Waals surface area contributed by atoms with E-state index in [4.69, 9.17) is 9.47 Å². The van der Waals surface area contributed by atoms with Crippen molar-refractivity contribution < 1.29 is 14.3 Å². The minimum absolute atomic E-state index is 0.273. The molecule has 0 saturated carbocycles. The highest BCUT2D eigenvalue weighted by atomic mass is 16.5. The van der Waals surface area contributed by atoms with E-state index in [1.807, 2.05) is 31.4 Å². The molecule has 0 spiro atoms. The van der Waals surface area contributed by atoms with E-state index < -0.39 is 0 Å². The van der Waals surface area contributed by atoms with E-state index in [9.17, 15) is 4.79 Å². The van der Waals surface area contributed by atoms with Gasteiger partial charge in [0.25, 0.3) is 5.91 Å². The van der Waals surface area contributed by atoms with E-state index in [0.717, 1.165) is 17.3 Å². The molecule has 122 valence electrons.